The lowest BCUT2D eigenvalue weighted by atomic mass is 10.2. The van der Waals surface area contributed by atoms with Crippen molar-refractivity contribution in [3.8, 4) is 0 Å². The normalized spacial score (nSPS) is 20.4. The first-order valence-corrected chi connectivity index (χ1v) is 13.7. The third-order valence-corrected chi connectivity index (χ3v) is 9.26. The zero-order valence-electron chi connectivity index (χ0n) is 18.9. The summed E-state index contributed by atoms with van der Waals surface area (Å²) < 4.78 is -1.04. The molecule has 0 radical (unpaired) electrons. The van der Waals surface area contributed by atoms with Crippen molar-refractivity contribution in [2.24, 2.45) is 5.10 Å². The van der Waals surface area contributed by atoms with Gasteiger partial charge in [0.25, 0.3) is 5.91 Å². The molecule has 3 heterocycles. The van der Waals surface area contributed by atoms with Crippen LogP contribution < -0.4 is 9.91 Å². The number of amides is 1. The minimum absolute atomic E-state index is 0.136. The molecule has 1 atom stereocenters. The standard InChI is InChI=1S/C28H19N3O2S3/c32-25(23-17-10-18-34-23)26-29-31(22-15-8-3-9-16-22)28(36-26)30(21-13-6-2-7-14-21)27(33)24(35-28)19-20-11-4-1-5-12-20/h1-19H/b24-19+/t28-/m1/s1. The molecule has 4 aromatic rings. The van der Waals surface area contributed by atoms with E-state index in [1.165, 1.54) is 34.9 Å². The third kappa shape index (κ3) is 3.97. The highest BCUT2D eigenvalue weighted by molar-refractivity contribution is 8.29. The lowest BCUT2D eigenvalue weighted by molar-refractivity contribution is -0.114. The number of hydrogen-bond acceptors (Lipinski definition) is 7. The lowest BCUT2D eigenvalue weighted by Gasteiger charge is -2.38. The fourth-order valence-corrected chi connectivity index (χ4v) is 7.73. The molecular formula is C28H19N3O2S3. The molecule has 2 aliphatic rings. The predicted octanol–water partition coefficient (Wildman–Crippen LogP) is 6.93. The Morgan fingerprint density at radius 1 is 0.778 bits per heavy atom. The first kappa shape index (κ1) is 22.8. The molecule has 0 saturated carbocycles. The summed E-state index contributed by atoms with van der Waals surface area (Å²) in [6.07, 6.45) is 1.90. The van der Waals surface area contributed by atoms with Gasteiger partial charge in [-0.3, -0.25) is 14.5 Å². The number of Topliss-reactive ketones (excluding diaryl/α,β-unsaturated/α-hetero) is 1. The SMILES string of the molecule is O=C(C1=NN(c2ccccc2)[C@@]2(S1)S/C(=C/c1ccccc1)C(=O)N2c1ccccc1)c1cccs1. The Hall–Kier alpha value is -3.59. The van der Waals surface area contributed by atoms with Crippen LogP contribution in [-0.4, -0.2) is 21.1 Å². The van der Waals surface area contributed by atoms with Gasteiger partial charge in [0.15, 0.2) is 5.04 Å². The molecule has 1 aromatic heterocycles. The number of para-hydroxylation sites is 2. The fraction of sp³-hybridized carbons (Fsp3) is 0.0357. The number of carbonyl (C=O) groups is 2. The summed E-state index contributed by atoms with van der Waals surface area (Å²) in [5, 5.41) is 8.86. The summed E-state index contributed by atoms with van der Waals surface area (Å²) in [5.41, 5.74) is 2.46. The van der Waals surface area contributed by atoms with E-state index in [0.29, 0.717) is 14.8 Å². The summed E-state index contributed by atoms with van der Waals surface area (Å²) in [7, 11) is 0. The van der Waals surface area contributed by atoms with Gasteiger partial charge in [-0.2, -0.15) is 5.10 Å². The Labute approximate surface area is 221 Å². The second kappa shape index (κ2) is 9.46. The topological polar surface area (TPSA) is 53.0 Å². The van der Waals surface area contributed by atoms with Crippen LogP contribution in [0.15, 0.2) is 119 Å². The maximum Gasteiger partial charge on any atom is 0.268 e. The zero-order valence-corrected chi connectivity index (χ0v) is 21.3. The maximum atomic E-state index is 14.0. The molecule has 1 saturated heterocycles. The molecule has 3 aromatic carbocycles. The van der Waals surface area contributed by atoms with Crippen molar-refractivity contribution in [2.45, 2.75) is 4.33 Å². The van der Waals surface area contributed by atoms with Gasteiger partial charge < -0.3 is 0 Å². The molecule has 176 valence electrons. The van der Waals surface area contributed by atoms with Crippen molar-refractivity contribution in [3.05, 3.63) is 124 Å². The Kier molecular flexibility index (Phi) is 6.00. The van der Waals surface area contributed by atoms with Gasteiger partial charge in [0, 0.05) is 5.69 Å². The number of benzene rings is 3. The van der Waals surface area contributed by atoms with E-state index in [-0.39, 0.29) is 11.7 Å². The summed E-state index contributed by atoms with van der Waals surface area (Å²) in [5.74, 6) is -0.280. The van der Waals surface area contributed by atoms with Crippen molar-refractivity contribution in [3.63, 3.8) is 0 Å². The van der Waals surface area contributed by atoms with E-state index < -0.39 is 4.33 Å². The Bertz CT molecular complexity index is 1470. The van der Waals surface area contributed by atoms with Crippen molar-refractivity contribution in [1.82, 2.24) is 0 Å². The molecule has 0 aliphatic carbocycles. The van der Waals surface area contributed by atoms with Gasteiger partial charge in [-0.25, -0.2) is 5.01 Å². The van der Waals surface area contributed by atoms with E-state index in [9.17, 15) is 9.59 Å². The first-order chi connectivity index (χ1) is 17.7. The smallest absolute Gasteiger partial charge is 0.268 e. The number of thioether (sulfide) groups is 2. The Balaban J connectivity index is 1.52. The quantitative estimate of drug-likeness (QED) is 0.209. The van der Waals surface area contributed by atoms with E-state index in [4.69, 9.17) is 5.10 Å². The van der Waals surface area contributed by atoms with E-state index in [0.717, 1.165) is 16.9 Å². The molecule has 0 N–H and O–H groups in total. The first-order valence-electron chi connectivity index (χ1n) is 11.2. The van der Waals surface area contributed by atoms with E-state index in [1.54, 1.807) is 16.0 Å². The Morgan fingerprint density at radius 2 is 1.42 bits per heavy atom. The van der Waals surface area contributed by atoms with Crippen LogP contribution in [0.25, 0.3) is 6.08 Å². The molecule has 36 heavy (non-hydrogen) atoms. The van der Waals surface area contributed by atoms with E-state index in [2.05, 4.69) is 0 Å². The summed E-state index contributed by atoms with van der Waals surface area (Å²) >= 11 is 4.11. The van der Waals surface area contributed by atoms with Gasteiger partial charge in [-0.05, 0) is 59.1 Å². The zero-order chi connectivity index (χ0) is 24.5. The minimum atomic E-state index is -1.04. The predicted molar refractivity (Wildman–Crippen MR) is 151 cm³/mol. The number of hydrazone groups is 1. The van der Waals surface area contributed by atoms with Gasteiger partial charge in [0.1, 0.15) is 0 Å². The number of nitrogens with zero attached hydrogens (tertiary/aromatic N) is 3. The number of thiophene rings is 1. The Morgan fingerprint density at radius 3 is 2.06 bits per heavy atom. The van der Waals surface area contributed by atoms with Crippen molar-refractivity contribution >= 4 is 69.0 Å². The summed E-state index contributed by atoms with van der Waals surface area (Å²) in [6.45, 7) is 0. The van der Waals surface area contributed by atoms with Crippen LogP contribution in [-0.2, 0) is 4.79 Å². The second-order valence-electron chi connectivity index (χ2n) is 8.01. The highest BCUT2D eigenvalue weighted by Crippen LogP contribution is 2.59. The molecule has 1 spiro atoms. The summed E-state index contributed by atoms with van der Waals surface area (Å²) in [4.78, 5) is 30.4. The van der Waals surface area contributed by atoms with Crippen LogP contribution in [0.3, 0.4) is 0 Å². The molecule has 5 nitrogen and oxygen atoms in total. The van der Waals surface area contributed by atoms with Crippen LogP contribution >= 0.6 is 34.9 Å². The van der Waals surface area contributed by atoms with Crippen LogP contribution in [0.2, 0.25) is 0 Å². The van der Waals surface area contributed by atoms with Crippen LogP contribution in [0.5, 0.6) is 0 Å². The average Bonchev–Trinajstić information content (AvgIpc) is 3.65. The molecule has 1 amide bonds. The third-order valence-electron chi connectivity index (χ3n) is 5.68. The minimum Gasteiger partial charge on any atom is -0.285 e. The lowest BCUT2D eigenvalue weighted by Crippen LogP contribution is -2.51. The molecule has 0 bridgehead atoms. The van der Waals surface area contributed by atoms with Gasteiger partial charge in [0.2, 0.25) is 10.1 Å². The van der Waals surface area contributed by atoms with Crippen LogP contribution in [0, 0.1) is 0 Å². The monoisotopic (exact) mass is 525 g/mol. The number of anilines is 2. The number of carbonyl (C=O) groups excluding carboxylic acids is 2. The van der Waals surface area contributed by atoms with Crippen LogP contribution in [0.1, 0.15) is 15.2 Å². The number of rotatable bonds is 5. The highest BCUT2D eigenvalue weighted by atomic mass is 32.2. The molecule has 1 fully saturated rings. The second-order valence-corrected chi connectivity index (χ2v) is 11.6. The van der Waals surface area contributed by atoms with Gasteiger partial charge in [-0.15, -0.1) is 11.3 Å². The highest BCUT2D eigenvalue weighted by Gasteiger charge is 2.60. The van der Waals surface area contributed by atoms with Gasteiger partial charge >= 0.3 is 0 Å². The fourth-order valence-electron chi connectivity index (χ4n) is 4.06. The summed E-state index contributed by atoms with van der Waals surface area (Å²) in [6, 6.07) is 32.7. The van der Waals surface area contributed by atoms with E-state index in [1.807, 2.05) is 109 Å². The molecule has 6 rings (SSSR count). The van der Waals surface area contributed by atoms with E-state index >= 15 is 0 Å². The van der Waals surface area contributed by atoms with Gasteiger partial charge in [-0.1, -0.05) is 84.6 Å². The molecule has 8 heteroatoms. The molecular weight excluding hydrogens is 507 g/mol. The number of ketones is 1. The largest absolute Gasteiger partial charge is 0.285 e. The maximum absolute atomic E-state index is 14.0. The molecule has 2 aliphatic heterocycles. The van der Waals surface area contributed by atoms with Crippen molar-refractivity contribution < 1.29 is 9.59 Å². The van der Waals surface area contributed by atoms with Crippen molar-refractivity contribution in [2.75, 3.05) is 9.91 Å². The van der Waals surface area contributed by atoms with Gasteiger partial charge in [0.05, 0.1) is 15.5 Å². The average molecular weight is 526 g/mol. The van der Waals surface area contributed by atoms with Crippen molar-refractivity contribution in [1.29, 1.82) is 0 Å². The van der Waals surface area contributed by atoms with Crippen LogP contribution in [0.4, 0.5) is 11.4 Å². The number of hydrogen-bond donors (Lipinski definition) is 0. The molecule has 0 unspecified atom stereocenters.